The monoisotopic (exact) mass is 432 g/mol. The minimum atomic E-state index is -0.0540. The number of likely N-dealkylation sites (tertiary alicyclic amines) is 1. The third kappa shape index (κ3) is 5.30. The van der Waals surface area contributed by atoms with Gasteiger partial charge in [-0.15, -0.1) is 0 Å². The van der Waals surface area contributed by atoms with E-state index < -0.39 is 0 Å². The minimum absolute atomic E-state index is 0.0494. The van der Waals surface area contributed by atoms with E-state index in [1.807, 2.05) is 11.8 Å². The van der Waals surface area contributed by atoms with E-state index in [1.165, 1.54) is 0 Å². The summed E-state index contributed by atoms with van der Waals surface area (Å²) in [5.74, 6) is 2.85. The van der Waals surface area contributed by atoms with Crippen molar-refractivity contribution in [2.45, 2.75) is 58.8 Å². The molecule has 1 aliphatic heterocycles. The first-order valence-electron chi connectivity index (χ1n) is 10.7. The molecule has 0 amide bonds. The number of Topliss-reactive ketones (excluding diaryl/α,β-unsaturated/α-hetero) is 2. The summed E-state index contributed by atoms with van der Waals surface area (Å²) in [6, 6.07) is 2.38. The van der Waals surface area contributed by atoms with Crippen molar-refractivity contribution in [3.8, 4) is 6.07 Å². The SMILES string of the molecule is CC1(C)CC(=C2C(=O)CC(CCSCCS)CC2=O)C(C#N)=C(N2CCCC2)C1. The van der Waals surface area contributed by atoms with E-state index >= 15 is 0 Å². The molecule has 3 rings (SSSR count). The number of thiol groups is 1. The van der Waals surface area contributed by atoms with Gasteiger partial charge in [0.15, 0.2) is 11.6 Å². The smallest absolute Gasteiger partial charge is 0.167 e. The Morgan fingerprint density at radius 1 is 1.14 bits per heavy atom. The Hall–Kier alpha value is -1.19. The molecule has 1 heterocycles. The number of nitrogens with zero attached hydrogens (tertiary/aromatic N) is 2. The average Bonchev–Trinajstić information content (AvgIpc) is 3.18. The van der Waals surface area contributed by atoms with Gasteiger partial charge in [0.2, 0.25) is 0 Å². The second-order valence-electron chi connectivity index (χ2n) is 9.24. The molecule has 0 N–H and O–H groups in total. The predicted molar refractivity (Wildman–Crippen MR) is 122 cm³/mol. The summed E-state index contributed by atoms with van der Waals surface area (Å²) < 4.78 is 0. The molecular formula is C23H32N2O2S2. The molecule has 0 spiro atoms. The van der Waals surface area contributed by atoms with Gasteiger partial charge in [-0.2, -0.15) is 29.7 Å². The van der Waals surface area contributed by atoms with E-state index in [0.29, 0.717) is 30.4 Å². The summed E-state index contributed by atoms with van der Waals surface area (Å²) in [6.07, 6.45) is 5.50. The van der Waals surface area contributed by atoms with E-state index in [-0.39, 0.29) is 22.9 Å². The van der Waals surface area contributed by atoms with E-state index in [0.717, 1.165) is 67.3 Å². The number of hydrogen-bond acceptors (Lipinski definition) is 6. The standard InChI is InChI=1S/C23H32N2O2S2/c1-23(2)13-17(18(15-24)19(14-23)25-6-3-4-7-25)22-20(26)11-16(12-21(22)27)5-9-29-10-8-28/h16,28H,3-14H2,1-2H3. The van der Waals surface area contributed by atoms with Gasteiger partial charge in [-0.05, 0) is 60.5 Å². The molecule has 0 aromatic carbocycles. The Kier molecular flexibility index (Phi) is 7.56. The first kappa shape index (κ1) is 22.5. The van der Waals surface area contributed by atoms with Gasteiger partial charge in [0.05, 0.1) is 11.1 Å². The zero-order valence-corrected chi connectivity index (χ0v) is 19.3. The van der Waals surface area contributed by atoms with E-state index in [1.54, 1.807) is 0 Å². The molecule has 2 aliphatic carbocycles. The van der Waals surface area contributed by atoms with Gasteiger partial charge < -0.3 is 4.90 Å². The van der Waals surface area contributed by atoms with Crippen LogP contribution >= 0.6 is 24.4 Å². The molecule has 0 radical (unpaired) electrons. The van der Waals surface area contributed by atoms with Crippen molar-refractivity contribution >= 4 is 36.0 Å². The first-order valence-corrected chi connectivity index (χ1v) is 12.5. The lowest BCUT2D eigenvalue weighted by Crippen LogP contribution is -2.33. The molecule has 158 valence electrons. The number of allylic oxidation sites excluding steroid dienone is 4. The molecule has 1 saturated heterocycles. The highest BCUT2D eigenvalue weighted by molar-refractivity contribution is 7.99. The molecule has 2 fully saturated rings. The number of rotatable bonds is 6. The van der Waals surface area contributed by atoms with Gasteiger partial charge in [-0.25, -0.2) is 0 Å². The lowest BCUT2D eigenvalue weighted by atomic mass is 9.69. The van der Waals surface area contributed by atoms with Gasteiger partial charge in [0.25, 0.3) is 0 Å². The van der Waals surface area contributed by atoms with Crippen LogP contribution in [0.3, 0.4) is 0 Å². The van der Waals surface area contributed by atoms with Gasteiger partial charge in [-0.3, -0.25) is 9.59 Å². The Bertz CT molecular complexity index is 750. The highest BCUT2D eigenvalue weighted by atomic mass is 32.2. The summed E-state index contributed by atoms with van der Waals surface area (Å²) in [4.78, 5) is 28.4. The number of hydrogen-bond donors (Lipinski definition) is 1. The molecule has 0 aromatic heterocycles. The second-order valence-corrected chi connectivity index (χ2v) is 10.9. The Labute approximate surface area is 184 Å². The number of thioether (sulfide) groups is 1. The lowest BCUT2D eigenvalue weighted by molar-refractivity contribution is -0.125. The highest BCUT2D eigenvalue weighted by Crippen LogP contribution is 2.46. The van der Waals surface area contributed by atoms with Crippen LogP contribution in [-0.4, -0.2) is 46.8 Å². The molecule has 0 atom stereocenters. The minimum Gasteiger partial charge on any atom is -0.374 e. The molecule has 0 bridgehead atoms. The van der Waals surface area contributed by atoms with Crippen molar-refractivity contribution < 1.29 is 9.59 Å². The Morgan fingerprint density at radius 3 is 2.38 bits per heavy atom. The Balaban J connectivity index is 1.89. The zero-order chi connectivity index (χ0) is 21.0. The number of carbonyl (C=O) groups is 2. The topological polar surface area (TPSA) is 61.2 Å². The summed E-state index contributed by atoms with van der Waals surface area (Å²) in [7, 11) is 0. The zero-order valence-electron chi connectivity index (χ0n) is 17.6. The Morgan fingerprint density at radius 2 is 1.79 bits per heavy atom. The van der Waals surface area contributed by atoms with Crippen LogP contribution < -0.4 is 0 Å². The summed E-state index contributed by atoms with van der Waals surface area (Å²) in [5, 5.41) is 9.98. The van der Waals surface area contributed by atoms with Crippen molar-refractivity contribution in [1.29, 1.82) is 5.26 Å². The normalized spacial score (nSPS) is 25.0. The van der Waals surface area contributed by atoms with Crippen LogP contribution in [0.25, 0.3) is 0 Å². The van der Waals surface area contributed by atoms with Crippen LogP contribution in [-0.2, 0) is 9.59 Å². The van der Waals surface area contributed by atoms with Crippen molar-refractivity contribution in [2.75, 3.05) is 30.3 Å². The second kappa shape index (κ2) is 9.75. The third-order valence-corrected chi connectivity index (χ3v) is 7.75. The number of ketones is 2. The quantitative estimate of drug-likeness (QED) is 0.288. The van der Waals surface area contributed by atoms with Crippen molar-refractivity contribution in [2.24, 2.45) is 11.3 Å². The average molecular weight is 433 g/mol. The van der Waals surface area contributed by atoms with E-state index in [4.69, 9.17) is 0 Å². The van der Waals surface area contributed by atoms with E-state index in [2.05, 4.69) is 37.4 Å². The maximum atomic E-state index is 13.1. The largest absolute Gasteiger partial charge is 0.374 e. The molecule has 6 heteroatoms. The van der Waals surface area contributed by atoms with Gasteiger partial charge >= 0.3 is 0 Å². The molecule has 1 saturated carbocycles. The van der Waals surface area contributed by atoms with Crippen molar-refractivity contribution in [1.82, 2.24) is 4.90 Å². The summed E-state index contributed by atoms with van der Waals surface area (Å²) in [5.41, 5.74) is 2.66. The highest BCUT2D eigenvalue weighted by Gasteiger charge is 2.39. The summed E-state index contributed by atoms with van der Waals surface area (Å²) >= 11 is 6.05. The van der Waals surface area contributed by atoms with Crippen molar-refractivity contribution in [3.63, 3.8) is 0 Å². The van der Waals surface area contributed by atoms with Gasteiger partial charge in [-0.1, -0.05) is 13.8 Å². The van der Waals surface area contributed by atoms with Crippen LogP contribution in [0, 0.1) is 22.7 Å². The van der Waals surface area contributed by atoms with Crippen LogP contribution in [0.15, 0.2) is 22.4 Å². The molecule has 3 aliphatic rings. The van der Waals surface area contributed by atoms with Crippen LogP contribution in [0.2, 0.25) is 0 Å². The maximum Gasteiger partial charge on any atom is 0.167 e. The van der Waals surface area contributed by atoms with Gasteiger partial charge in [0.1, 0.15) is 6.07 Å². The predicted octanol–water partition coefficient (Wildman–Crippen LogP) is 4.58. The molecule has 29 heavy (non-hydrogen) atoms. The molecule has 0 unspecified atom stereocenters. The van der Waals surface area contributed by atoms with Crippen LogP contribution in [0.4, 0.5) is 0 Å². The van der Waals surface area contributed by atoms with Gasteiger partial charge in [0, 0.05) is 37.4 Å². The fraction of sp³-hybridized carbons (Fsp3) is 0.696. The fourth-order valence-corrected chi connectivity index (χ4v) is 6.08. The van der Waals surface area contributed by atoms with Crippen molar-refractivity contribution in [3.05, 3.63) is 22.4 Å². The fourth-order valence-electron chi connectivity index (χ4n) is 4.86. The molecule has 0 aromatic rings. The first-order chi connectivity index (χ1) is 13.9. The molecule has 4 nitrogen and oxygen atoms in total. The third-order valence-electron chi connectivity index (χ3n) is 6.20. The maximum absolute atomic E-state index is 13.1. The van der Waals surface area contributed by atoms with Crippen LogP contribution in [0.5, 0.6) is 0 Å². The van der Waals surface area contributed by atoms with E-state index in [9.17, 15) is 14.9 Å². The van der Waals surface area contributed by atoms with Crippen LogP contribution in [0.1, 0.15) is 58.8 Å². The lowest BCUT2D eigenvalue weighted by Gasteiger charge is -2.38. The molecular weight excluding hydrogens is 400 g/mol. The summed E-state index contributed by atoms with van der Waals surface area (Å²) in [6.45, 7) is 6.29. The number of carbonyl (C=O) groups excluding carboxylic acids is 2. The number of nitriles is 1.